The van der Waals surface area contributed by atoms with Crippen molar-refractivity contribution in [1.82, 2.24) is 0 Å². The summed E-state index contributed by atoms with van der Waals surface area (Å²) in [7, 11) is 0. The first-order chi connectivity index (χ1) is 7.17. The van der Waals surface area contributed by atoms with Crippen LogP contribution in [0.4, 0.5) is 4.39 Å². The second-order valence-corrected chi connectivity index (χ2v) is 4.16. The molecule has 2 unspecified atom stereocenters. The van der Waals surface area contributed by atoms with E-state index in [1.165, 1.54) is 12.1 Å². The van der Waals surface area contributed by atoms with E-state index in [1.807, 2.05) is 0 Å². The van der Waals surface area contributed by atoms with Gasteiger partial charge in [0.05, 0.1) is 0 Å². The van der Waals surface area contributed by atoms with Gasteiger partial charge in [-0.3, -0.25) is 0 Å². The van der Waals surface area contributed by atoms with E-state index in [0.717, 1.165) is 18.4 Å². The third-order valence-corrected chi connectivity index (χ3v) is 3.09. The fraction of sp³-hybridized carbons (Fsp3) is 0.538. The highest BCUT2D eigenvalue weighted by molar-refractivity contribution is 5.16. The monoisotopic (exact) mass is 210 g/mol. The van der Waals surface area contributed by atoms with E-state index in [4.69, 9.17) is 0 Å². The van der Waals surface area contributed by atoms with Crippen LogP contribution < -0.4 is 0 Å². The summed E-state index contributed by atoms with van der Waals surface area (Å²) < 4.78 is 12.7. The van der Waals surface area contributed by atoms with E-state index in [0.29, 0.717) is 5.92 Å². The van der Waals surface area contributed by atoms with Crippen molar-refractivity contribution in [3.05, 3.63) is 35.6 Å². The highest BCUT2D eigenvalue weighted by Gasteiger charge is 2.15. The molecule has 0 aliphatic heterocycles. The Labute approximate surface area is 90.9 Å². The smallest absolute Gasteiger partial charge is 0.123 e. The maximum atomic E-state index is 12.7. The summed E-state index contributed by atoms with van der Waals surface area (Å²) in [6, 6.07) is 6.53. The first-order valence-electron chi connectivity index (χ1n) is 5.52. The van der Waals surface area contributed by atoms with E-state index in [-0.39, 0.29) is 18.3 Å². The van der Waals surface area contributed by atoms with Crippen LogP contribution in [0.3, 0.4) is 0 Å². The van der Waals surface area contributed by atoms with Crippen molar-refractivity contribution in [3.63, 3.8) is 0 Å². The van der Waals surface area contributed by atoms with Crippen LogP contribution in [0, 0.1) is 17.7 Å². The summed E-state index contributed by atoms with van der Waals surface area (Å²) in [6.45, 7) is 4.47. The van der Waals surface area contributed by atoms with Crippen LogP contribution in [0.1, 0.15) is 25.8 Å². The Bertz CT molecular complexity index is 281. The lowest BCUT2D eigenvalue weighted by Crippen LogP contribution is -2.18. The SMILES string of the molecule is CCC(C)C(CO)Cc1ccc(F)cc1. The predicted molar refractivity (Wildman–Crippen MR) is 60.1 cm³/mol. The number of benzene rings is 1. The van der Waals surface area contributed by atoms with Crippen molar-refractivity contribution >= 4 is 0 Å². The minimum absolute atomic E-state index is 0.201. The fourth-order valence-corrected chi connectivity index (χ4v) is 1.70. The topological polar surface area (TPSA) is 20.2 Å². The highest BCUT2D eigenvalue weighted by Crippen LogP contribution is 2.19. The average Bonchev–Trinajstić information content (AvgIpc) is 2.27. The molecule has 0 aliphatic rings. The third kappa shape index (κ3) is 3.63. The summed E-state index contributed by atoms with van der Waals surface area (Å²) >= 11 is 0. The van der Waals surface area contributed by atoms with E-state index in [2.05, 4.69) is 13.8 Å². The standard InChI is InChI=1S/C13H19FO/c1-3-10(2)12(9-15)8-11-4-6-13(14)7-5-11/h4-7,10,12,15H,3,8-9H2,1-2H3. The van der Waals surface area contributed by atoms with Gasteiger partial charge in [-0.25, -0.2) is 4.39 Å². The van der Waals surface area contributed by atoms with Crippen molar-refractivity contribution in [3.8, 4) is 0 Å². The summed E-state index contributed by atoms with van der Waals surface area (Å²) in [5.41, 5.74) is 1.09. The Morgan fingerprint density at radius 1 is 1.27 bits per heavy atom. The molecule has 0 spiro atoms. The molecule has 1 aromatic rings. The molecular formula is C13H19FO. The second-order valence-electron chi connectivity index (χ2n) is 4.16. The maximum Gasteiger partial charge on any atom is 0.123 e. The Morgan fingerprint density at radius 2 is 1.87 bits per heavy atom. The van der Waals surface area contributed by atoms with Gasteiger partial charge >= 0.3 is 0 Å². The minimum atomic E-state index is -0.206. The lowest BCUT2D eigenvalue weighted by atomic mass is 9.87. The van der Waals surface area contributed by atoms with Crippen molar-refractivity contribution in [2.45, 2.75) is 26.7 Å². The van der Waals surface area contributed by atoms with Gasteiger partial charge in [0.15, 0.2) is 0 Å². The normalized spacial score (nSPS) is 14.9. The number of hydrogen-bond acceptors (Lipinski definition) is 1. The molecule has 15 heavy (non-hydrogen) atoms. The zero-order valence-corrected chi connectivity index (χ0v) is 9.41. The first kappa shape index (κ1) is 12.2. The molecule has 1 aromatic carbocycles. The molecule has 0 fully saturated rings. The van der Waals surface area contributed by atoms with Gasteiger partial charge in [0.2, 0.25) is 0 Å². The average molecular weight is 210 g/mol. The molecule has 0 radical (unpaired) electrons. The molecule has 0 aromatic heterocycles. The molecule has 1 N–H and O–H groups in total. The van der Waals surface area contributed by atoms with Crippen LogP contribution >= 0.6 is 0 Å². The van der Waals surface area contributed by atoms with Crippen LogP contribution in [0.15, 0.2) is 24.3 Å². The third-order valence-electron chi connectivity index (χ3n) is 3.09. The highest BCUT2D eigenvalue weighted by atomic mass is 19.1. The molecule has 0 saturated carbocycles. The molecular weight excluding hydrogens is 191 g/mol. The van der Waals surface area contributed by atoms with Crippen molar-refractivity contribution < 1.29 is 9.50 Å². The summed E-state index contributed by atoms with van der Waals surface area (Å²) in [6.07, 6.45) is 1.89. The Hall–Kier alpha value is -0.890. The van der Waals surface area contributed by atoms with E-state index >= 15 is 0 Å². The Morgan fingerprint density at radius 3 is 2.33 bits per heavy atom. The van der Waals surface area contributed by atoms with Gasteiger partial charge in [0.25, 0.3) is 0 Å². The van der Waals surface area contributed by atoms with E-state index in [1.54, 1.807) is 12.1 Å². The number of rotatable bonds is 5. The van der Waals surface area contributed by atoms with Gasteiger partial charge in [0.1, 0.15) is 5.82 Å². The summed E-state index contributed by atoms with van der Waals surface area (Å²) in [5.74, 6) is 0.573. The van der Waals surface area contributed by atoms with Gasteiger partial charge in [-0.15, -0.1) is 0 Å². The van der Waals surface area contributed by atoms with Crippen LogP contribution in [0.5, 0.6) is 0 Å². The number of aliphatic hydroxyl groups excluding tert-OH is 1. The molecule has 2 heteroatoms. The molecule has 84 valence electrons. The van der Waals surface area contributed by atoms with Gasteiger partial charge in [-0.2, -0.15) is 0 Å². The van der Waals surface area contributed by atoms with Crippen molar-refractivity contribution in [1.29, 1.82) is 0 Å². The predicted octanol–water partition coefficient (Wildman–Crippen LogP) is 3.02. The second kappa shape index (κ2) is 5.86. The molecule has 1 rings (SSSR count). The van der Waals surface area contributed by atoms with Gasteiger partial charge < -0.3 is 5.11 Å². The van der Waals surface area contributed by atoms with Crippen molar-refractivity contribution in [2.24, 2.45) is 11.8 Å². The van der Waals surface area contributed by atoms with Gasteiger partial charge in [0, 0.05) is 6.61 Å². The largest absolute Gasteiger partial charge is 0.396 e. The van der Waals surface area contributed by atoms with E-state index < -0.39 is 0 Å². The molecule has 0 bridgehead atoms. The van der Waals surface area contributed by atoms with Gasteiger partial charge in [-0.05, 0) is 36.0 Å². The zero-order valence-electron chi connectivity index (χ0n) is 9.41. The van der Waals surface area contributed by atoms with Crippen LogP contribution in [0.25, 0.3) is 0 Å². The molecule has 0 heterocycles. The quantitative estimate of drug-likeness (QED) is 0.792. The number of halogens is 1. The zero-order chi connectivity index (χ0) is 11.3. The summed E-state index contributed by atoms with van der Waals surface area (Å²) in [4.78, 5) is 0. The number of aliphatic hydroxyl groups is 1. The fourth-order valence-electron chi connectivity index (χ4n) is 1.70. The van der Waals surface area contributed by atoms with Crippen molar-refractivity contribution in [2.75, 3.05) is 6.61 Å². The first-order valence-corrected chi connectivity index (χ1v) is 5.52. The van der Waals surface area contributed by atoms with Gasteiger partial charge in [-0.1, -0.05) is 32.4 Å². The van der Waals surface area contributed by atoms with Crippen LogP contribution in [-0.2, 0) is 6.42 Å². The lowest BCUT2D eigenvalue weighted by Gasteiger charge is -2.20. The molecule has 0 saturated heterocycles. The van der Waals surface area contributed by atoms with Crippen LogP contribution in [0.2, 0.25) is 0 Å². The molecule has 0 amide bonds. The summed E-state index contributed by atoms with van der Waals surface area (Å²) in [5, 5.41) is 9.27. The lowest BCUT2D eigenvalue weighted by molar-refractivity contribution is 0.179. The molecule has 1 nitrogen and oxygen atoms in total. The van der Waals surface area contributed by atoms with E-state index in [9.17, 15) is 9.50 Å². The molecule has 2 atom stereocenters. The number of hydrogen-bond donors (Lipinski definition) is 1. The minimum Gasteiger partial charge on any atom is -0.396 e. The Balaban J connectivity index is 2.62. The maximum absolute atomic E-state index is 12.7. The molecule has 0 aliphatic carbocycles. The van der Waals surface area contributed by atoms with Crippen LogP contribution in [-0.4, -0.2) is 11.7 Å². The Kier molecular flexibility index (Phi) is 4.76.